The number of nitrogens with zero attached hydrogens (tertiary/aromatic N) is 3. The molecule has 34 heavy (non-hydrogen) atoms. The highest BCUT2D eigenvalue weighted by atomic mass is 32.2. The zero-order valence-electron chi connectivity index (χ0n) is 20.0. The predicted octanol–water partition coefficient (Wildman–Crippen LogP) is 3.55. The van der Waals surface area contributed by atoms with Crippen molar-refractivity contribution >= 4 is 38.1 Å². The quantitative estimate of drug-likeness (QED) is 0.560. The third kappa shape index (κ3) is 5.24. The minimum atomic E-state index is -3.79. The van der Waals surface area contributed by atoms with Crippen molar-refractivity contribution in [3.8, 4) is 0 Å². The number of likely N-dealkylation sites (N-methyl/N-ethyl adjacent to an activating group) is 2. The number of rotatable bonds is 7. The molecule has 1 aliphatic heterocycles. The van der Waals surface area contributed by atoms with Gasteiger partial charge in [0.2, 0.25) is 15.9 Å². The number of benzene rings is 3. The third-order valence-electron chi connectivity index (χ3n) is 6.46. The first-order chi connectivity index (χ1) is 16.3. The van der Waals surface area contributed by atoms with Gasteiger partial charge in [-0.05, 0) is 60.1 Å². The molecule has 0 aromatic heterocycles. The van der Waals surface area contributed by atoms with E-state index < -0.39 is 10.0 Å². The van der Waals surface area contributed by atoms with Crippen LogP contribution < -0.4 is 10.2 Å². The molecule has 7 nitrogen and oxygen atoms in total. The molecule has 1 fully saturated rings. The first kappa shape index (κ1) is 24.2. The lowest BCUT2D eigenvalue weighted by Gasteiger charge is -2.35. The summed E-state index contributed by atoms with van der Waals surface area (Å²) in [6.07, 6.45) is 0. The number of carbonyl (C=O) groups is 1. The van der Waals surface area contributed by atoms with Crippen LogP contribution in [0.5, 0.6) is 0 Å². The van der Waals surface area contributed by atoms with Crippen molar-refractivity contribution in [3.63, 3.8) is 0 Å². The number of fused-ring (bicyclic) bond motifs is 1. The molecule has 1 heterocycles. The molecule has 1 aliphatic rings. The molecular formula is C26H32N4O3S. The summed E-state index contributed by atoms with van der Waals surface area (Å²) in [6, 6.07) is 18.6. The van der Waals surface area contributed by atoms with Gasteiger partial charge in [0, 0.05) is 44.6 Å². The van der Waals surface area contributed by atoms with Gasteiger partial charge in [0.25, 0.3) is 0 Å². The predicted molar refractivity (Wildman–Crippen MR) is 138 cm³/mol. The topological polar surface area (TPSA) is 73.0 Å². The Morgan fingerprint density at radius 3 is 2.35 bits per heavy atom. The van der Waals surface area contributed by atoms with E-state index in [4.69, 9.17) is 0 Å². The number of anilines is 2. The fourth-order valence-corrected chi connectivity index (χ4v) is 5.45. The second-order valence-corrected chi connectivity index (χ2v) is 10.8. The molecule has 3 aromatic rings. The standard InChI is InChI=1S/C26H32N4O3S/c1-4-29-13-15-30(16-14-29)23-10-12-25(20(2)17-23)27-26(31)19-28(3)34(32,33)24-11-9-21-7-5-6-8-22(21)18-24/h5-12,17-18H,4,13-16,19H2,1-3H3,(H,27,31). The SMILES string of the molecule is CCN1CCN(c2ccc(NC(=O)CN(C)S(=O)(=O)c3ccc4ccccc4c3)c(C)c2)CC1. The van der Waals surface area contributed by atoms with Crippen LogP contribution in [-0.2, 0) is 14.8 Å². The molecule has 1 N–H and O–H groups in total. The zero-order valence-corrected chi connectivity index (χ0v) is 20.8. The molecule has 0 unspecified atom stereocenters. The van der Waals surface area contributed by atoms with Gasteiger partial charge in [-0.25, -0.2) is 8.42 Å². The minimum Gasteiger partial charge on any atom is -0.369 e. The molecule has 0 atom stereocenters. The molecule has 4 rings (SSSR count). The van der Waals surface area contributed by atoms with Crippen molar-refractivity contribution < 1.29 is 13.2 Å². The van der Waals surface area contributed by atoms with Gasteiger partial charge in [0.15, 0.2) is 0 Å². The van der Waals surface area contributed by atoms with Gasteiger partial charge in [-0.1, -0.05) is 37.3 Å². The van der Waals surface area contributed by atoms with Gasteiger partial charge in [0.1, 0.15) is 0 Å². The fraction of sp³-hybridized carbons (Fsp3) is 0.346. The Bertz CT molecular complexity index is 1280. The van der Waals surface area contributed by atoms with E-state index in [0.717, 1.165) is 59.1 Å². The Balaban J connectivity index is 1.40. The van der Waals surface area contributed by atoms with E-state index in [1.807, 2.05) is 43.3 Å². The van der Waals surface area contributed by atoms with E-state index in [-0.39, 0.29) is 17.3 Å². The smallest absolute Gasteiger partial charge is 0.243 e. The van der Waals surface area contributed by atoms with Crippen LogP contribution in [0, 0.1) is 6.92 Å². The van der Waals surface area contributed by atoms with Crippen molar-refractivity contribution in [1.29, 1.82) is 0 Å². The maximum Gasteiger partial charge on any atom is 0.243 e. The Labute approximate surface area is 202 Å². The van der Waals surface area contributed by atoms with Gasteiger partial charge >= 0.3 is 0 Å². The summed E-state index contributed by atoms with van der Waals surface area (Å²) < 4.78 is 27.2. The first-order valence-electron chi connectivity index (χ1n) is 11.6. The highest BCUT2D eigenvalue weighted by Gasteiger charge is 2.24. The number of aryl methyl sites for hydroxylation is 1. The van der Waals surface area contributed by atoms with Crippen molar-refractivity contribution in [3.05, 3.63) is 66.2 Å². The van der Waals surface area contributed by atoms with E-state index in [9.17, 15) is 13.2 Å². The van der Waals surface area contributed by atoms with Gasteiger partial charge in [-0.15, -0.1) is 0 Å². The Morgan fingerprint density at radius 2 is 1.68 bits per heavy atom. The number of piperazine rings is 1. The summed E-state index contributed by atoms with van der Waals surface area (Å²) in [4.78, 5) is 17.6. The fourth-order valence-electron chi connectivity index (χ4n) is 4.29. The lowest BCUT2D eigenvalue weighted by molar-refractivity contribution is -0.116. The van der Waals surface area contributed by atoms with Crippen LogP contribution in [0.15, 0.2) is 65.6 Å². The van der Waals surface area contributed by atoms with Crippen LogP contribution in [0.2, 0.25) is 0 Å². The summed E-state index contributed by atoms with van der Waals surface area (Å²) in [5.74, 6) is -0.376. The summed E-state index contributed by atoms with van der Waals surface area (Å²) >= 11 is 0. The second-order valence-electron chi connectivity index (χ2n) is 8.74. The minimum absolute atomic E-state index is 0.171. The van der Waals surface area contributed by atoms with E-state index in [0.29, 0.717) is 5.69 Å². The molecule has 1 amide bonds. The number of carbonyl (C=O) groups excluding carboxylic acids is 1. The molecule has 8 heteroatoms. The monoisotopic (exact) mass is 480 g/mol. The first-order valence-corrected chi connectivity index (χ1v) is 13.0. The summed E-state index contributed by atoms with van der Waals surface area (Å²) in [5, 5.41) is 4.68. The molecule has 1 saturated heterocycles. The highest BCUT2D eigenvalue weighted by molar-refractivity contribution is 7.89. The zero-order chi connectivity index (χ0) is 24.3. The van der Waals surface area contributed by atoms with Crippen molar-refractivity contribution in [1.82, 2.24) is 9.21 Å². The second kappa shape index (κ2) is 10.1. The Morgan fingerprint density at radius 1 is 0.971 bits per heavy atom. The van der Waals surface area contributed by atoms with Crippen LogP contribution >= 0.6 is 0 Å². The molecule has 0 radical (unpaired) electrons. The highest BCUT2D eigenvalue weighted by Crippen LogP contribution is 2.25. The average molecular weight is 481 g/mol. The van der Waals surface area contributed by atoms with E-state index >= 15 is 0 Å². The number of hydrogen-bond donors (Lipinski definition) is 1. The summed E-state index contributed by atoms with van der Waals surface area (Å²) in [6.45, 7) is 9.00. The molecule has 0 aliphatic carbocycles. The molecule has 0 spiro atoms. The van der Waals surface area contributed by atoms with Gasteiger partial charge in [0.05, 0.1) is 11.4 Å². The average Bonchev–Trinajstić information content (AvgIpc) is 2.85. The van der Waals surface area contributed by atoms with E-state index in [1.54, 1.807) is 18.2 Å². The van der Waals surface area contributed by atoms with Crippen LogP contribution in [0.3, 0.4) is 0 Å². The van der Waals surface area contributed by atoms with Crippen molar-refractivity contribution in [2.45, 2.75) is 18.7 Å². The van der Waals surface area contributed by atoms with E-state index in [2.05, 4.69) is 28.1 Å². The summed E-state index contributed by atoms with van der Waals surface area (Å²) in [5.41, 5.74) is 2.78. The number of sulfonamides is 1. The van der Waals surface area contributed by atoms with Crippen LogP contribution in [0.1, 0.15) is 12.5 Å². The largest absolute Gasteiger partial charge is 0.369 e. The summed E-state index contributed by atoms with van der Waals surface area (Å²) in [7, 11) is -2.37. The molecule has 3 aromatic carbocycles. The number of amides is 1. The molecular weight excluding hydrogens is 448 g/mol. The number of nitrogens with one attached hydrogen (secondary N) is 1. The normalized spacial score (nSPS) is 15.1. The molecule has 180 valence electrons. The van der Waals surface area contributed by atoms with Gasteiger partial charge in [-0.2, -0.15) is 4.31 Å². The van der Waals surface area contributed by atoms with Gasteiger partial charge < -0.3 is 15.1 Å². The molecule has 0 saturated carbocycles. The lowest BCUT2D eigenvalue weighted by Crippen LogP contribution is -2.46. The van der Waals surface area contributed by atoms with Crippen molar-refractivity contribution in [2.24, 2.45) is 0 Å². The Kier molecular flexibility index (Phi) is 7.21. The van der Waals surface area contributed by atoms with Crippen molar-refractivity contribution in [2.75, 3.05) is 56.5 Å². The maximum atomic E-state index is 13.0. The van der Waals surface area contributed by atoms with Crippen LogP contribution in [0.25, 0.3) is 10.8 Å². The van der Waals surface area contributed by atoms with Gasteiger partial charge in [-0.3, -0.25) is 4.79 Å². The third-order valence-corrected chi connectivity index (χ3v) is 8.26. The Hall–Kier alpha value is -2.94. The lowest BCUT2D eigenvalue weighted by atomic mass is 10.1. The number of hydrogen-bond acceptors (Lipinski definition) is 5. The van der Waals surface area contributed by atoms with E-state index in [1.165, 1.54) is 7.05 Å². The molecule has 0 bridgehead atoms. The van der Waals surface area contributed by atoms with Crippen LogP contribution in [0.4, 0.5) is 11.4 Å². The maximum absolute atomic E-state index is 13.0. The van der Waals surface area contributed by atoms with Crippen LogP contribution in [-0.4, -0.2) is 69.8 Å².